The van der Waals surface area contributed by atoms with Gasteiger partial charge >= 0.3 is 6.03 Å². The molecule has 1 aliphatic heterocycles. The smallest absolute Gasteiger partial charge is 0.321 e. The fourth-order valence-corrected chi connectivity index (χ4v) is 4.74. The predicted octanol–water partition coefficient (Wildman–Crippen LogP) is 6.23. The van der Waals surface area contributed by atoms with Gasteiger partial charge in [0.2, 0.25) is 0 Å². The molecule has 0 spiro atoms. The summed E-state index contributed by atoms with van der Waals surface area (Å²) in [5, 5.41) is 2.98. The van der Waals surface area contributed by atoms with Crippen LogP contribution in [0.5, 0.6) is 23.0 Å². The molecule has 4 aromatic carbocycles. The fourth-order valence-electron chi connectivity index (χ4n) is 4.74. The molecule has 1 heterocycles. The first-order valence-corrected chi connectivity index (χ1v) is 13.0. The molecule has 0 bridgehead atoms. The lowest BCUT2D eigenvalue weighted by Crippen LogP contribution is -2.53. The molecule has 4 aromatic rings. The third-order valence-corrected chi connectivity index (χ3v) is 6.83. The summed E-state index contributed by atoms with van der Waals surface area (Å²) in [5.74, 6) is 2.33. The van der Waals surface area contributed by atoms with Gasteiger partial charge in [-0.25, -0.2) is 4.79 Å². The van der Waals surface area contributed by atoms with Gasteiger partial charge in [0.25, 0.3) is 5.91 Å². The van der Waals surface area contributed by atoms with Gasteiger partial charge < -0.3 is 29.3 Å². The highest BCUT2D eigenvalue weighted by atomic mass is 16.5. The standard InChI is InChI=1S/C32H31N3O5/c1-38-29-18-13-24(21-30(29)39-2)31(36)35-20-19-34(22-28(35)23-9-5-3-6-10-23)32(37)33-25-14-16-27(17-15-25)40-26-11-7-4-8-12-26/h3-18,21,28H,19-20,22H2,1-2H3,(H,33,37). The molecule has 1 atom stereocenters. The van der Waals surface area contributed by atoms with Crippen LogP contribution in [-0.2, 0) is 0 Å². The quantitative estimate of drug-likeness (QED) is 0.302. The van der Waals surface area contributed by atoms with Gasteiger partial charge in [0, 0.05) is 30.9 Å². The zero-order valence-electron chi connectivity index (χ0n) is 22.4. The van der Waals surface area contributed by atoms with E-state index in [9.17, 15) is 9.59 Å². The van der Waals surface area contributed by atoms with Crippen LogP contribution in [0, 0.1) is 0 Å². The van der Waals surface area contributed by atoms with Gasteiger partial charge in [-0.15, -0.1) is 0 Å². The number of hydrogen-bond donors (Lipinski definition) is 1. The summed E-state index contributed by atoms with van der Waals surface area (Å²) in [7, 11) is 3.10. The number of hydrogen-bond acceptors (Lipinski definition) is 5. The molecule has 0 radical (unpaired) electrons. The van der Waals surface area contributed by atoms with Crippen molar-refractivity contribution in [3.05, 3.63) is 114 Å². The van der Waals surface area contributed by atoms with E-state index in [4.69, 9.17) is 14.2 Å². The lowest BCUT2D eigenvalue weighted by Gasteiger charge is -2.41. The van der Waals surface area contributed by atoms with Gasteiger partial charge in [-0.2, -0.15) is 0 Å². The highest BCUT2D eigenvalue weighted by Gasteiger charge is 2.34. The van der Waals surface area contributed by atoms with Gasteiger partial charge in [-0.1, -0.05) is 48.5 Å². The number of rotatable bonds is 7. The molecule has 0 aliphatic carbocycles. The number of urea groups is 1. The van der Waals surface area contributed by atoms with Crippen molar-refractivity contribution in [2.75, 3.05) is 39.2 Å². The first-order chi connectivity index (χ1) is 19.6. The topological polar surface area (TPSA) is 80.3 Å². The van der Waals surface area contributed by atoms with Crippen LogP contribution in [0.3, 0.4) is 0 Å². The second kappa shape index (κ2) is 12.3. The maximum atomic E-state index is 13.7. The molecule has 1 fully saturated rings. The Kier molecular flexibility index (Phi) is 8.15. The van der Waals surface area contributed by atoms with Crippen molar-refractivity contribution >= 4 is 17.6 Å². The second-order valence-corrected chi connectivity index (χ2v) is 9.31. The number of carbonyl (C=O) groups is 2. The first kappa shape index (κ1) is 26.6. The molecule has 0 saturated carbocycles. The summed E-state index contributed by atoms with van der Waals surface area (Å²) < 4.78 is 16.6. The molecular formula is C32H31N3O5. The molecule has 1 unspecified atom stereocenters. The fraction of sp³-hybridized carbons (Fsp3) is 0.188. The Morgan fingerprint density at radius 2 is 1.40 bits per heavy atom. The Labute approximate surface area is 233 Å². The highest BCUT2D eigenvalue weighted by Crippen LogP contribution is 2.32. The number of carbonyl (C=O) groups excluding carboxylic acids is 2. The third kappa shape index (κ3) is 6.02. The number of para-hydroxylation sites is 1. The Balaban J connectivity index is 1.30. The molecule has 0 aromatic heterocycles. The summed E-state index contributed by atoms with van der Waals surface area (Å²) in [4.78, 5) is 30.5. The minimum absolute atomic E-state index is 0.135. The van der Waals surface area contributed by atoms with Crippen LogP contribution in [0.2, 0.25) is 0 Å². The Hall–Kier alpha value is -4.98. The molecule has 204 valence electrons. The van der Waals surface area contributed by atoms with Gasteiger partial charge in [0.05, 0.1) is 20.3 Å². The van der Waals surface area contributed by atoms with Crippen molar-refractivity contribution in [3.63, 3.8) is 0 Å². The zero-order valence-corrected chi connectivity index (χ0v) is 22.4. The van der Waals surface area contributed by atoms with Gasteiger partial charge in [0.15, 0.2) is 11.5 Å². The molecule has 5 rings (SSSR count). The monoisotopic (exact) mass is 537 g/mol. The van der Waals surface area contributed by atoms with Crippen LogP contribution in [0.25, 0.3) is 0 Å². The molecule has 40 heavy (non-hydrogen) atoms. The first-order valence-electron chi connectivity index (χ1n) is 13.0. The zero-order chi connectivity index (χ0) is 27.9. The molecular weight excluding hydrogens is 506 g/mol. The predicted molar refractivity (Wildman–Crippen MR) is 153 cm³/mol. The van der Waals surface area contributed by atoms with E-state index in [2.05, 4.69) is 5.32 Å². The lowest BCUT2D eigenvalue weighted by atomic mass is 10.0. The third-order valence-electron chi connectivity index (χ3n) is 6.83. The average molecular weight is 538 g/mol. The van der Waals surface area contributed by atoms with Gasteiger partial charge in [0.1, 0.15) is 11.5 Å². The summed E-state index contributed by atoms with van der Waals surface area (Å²) in [6, 6.07) is 31.1. The number of nitrogens with zero attached hydrogens (tertiary/aromatic N) is 2. The minimum atomic E-state index is -0.317. The van der Waals surface area contributed by atoms with Crippen LogP contribution in [0.1, 0.15) is 22.0 Å². The minimum Gasteiger partial charge on any atom is -0.493 e. The van der Waals surface area contributed by atoms with Crippen molar-refractivity contribution in [1.82, 2.24) is 9.80 Å². The summed E-state index contributed by atoms with van der Waals surface area (Å²) in [6.07, 6.45) is 0. The second-order valence-electron chi connectivity index (χ2n) is 9.31. The molecule has 8 nitrogen and oxygen atoms in total. The van der Waals surface area contributed by atoms with E-state index in [1.54, 1.807) is 37.3 Å². The molecule has 8 heteroatoms. The number of ether oxygens (including phenoxy) is 3. The molecule has 1 aliphatic rings. The summed E-state index contributed by atoms with van der Waals surface area (Å²) in [6.45, 7) is 1.12. The summed E-state index contributed by atoms with van der Waals surface area (Å²) >= 11 is 0. The van der Waals surface area contributed by atoms with E-state index in [1.807, 2.05) is 89.8 Å². The van der Waals surface area contributed by atoms with Crippen molar-refractivity contribution < 1.29 is 23.8 Å². The molecule has 1 N–H and O–H groups in total. The van der Waals surface area contributed by atoms with Gasteiger partial charge in [-0.3, -0.25) is 4.79 Å². The maximum Gasteiger partial charge on any atom is 0.321 e. The highest BCUT2D eigenvalue weighted by molar-refractivity contribution is 5.96. The Morgan fingerprint density at radius 3 is 2.08 bits per heavy atom. The van der Waals surface area contributed by atoms with E-state index in [1.165, 1.54) is 0 Å². The maximum absolute atomic E-state index is 13.7. The number of anilines is 1. The molecule has 1 saturated heterocycles. The van der Waals surface area contributed by atoms with Crippen molar-refractivity contribution in [2.24, 2.45) is 0 Å². The van der Waals surface area contributed by atoms with E-state index in [-0.39, 0.29) is 18.0 Å². The van der Waals surface area contributed by atoms with Crippen LogP contribution in [0.15, 0.2) is 103 Å². The number of amides is 3. The van der Waals surface area contributed by atoms with Crippen molar-refractivity contribution in [3.8, 4) is 23.0 Å². The van der Waals surface area contributed by atoms with E-state index < -0.39 is 0 Å². The SMILES string of the molecule is COc1ccc(C(=O)N2CCN(C(=O)Nc3ccc(Oc4ccccc4)cc3)CC2c2ccccc2)cc1OC. The normalized spacial score (nSPS) is 14.8. The van der Waals surface area contributed by atoms with Crippen LogP contribution in [0.4, 0.5) is 10.5 Å². The van der Waals surface area contributed by atoms with E-state index in [0.717, 1.165) is 11.3 Å². The number of piperazine rings is 1. The molecule has 3 amide bonds. The van der Waals surface area contributed by atoms with Crippen molar-refractivity contribution in [2.45, 2.75) is 6.04 Å². The van der Waals surface area contributed by atoms with E-state index >= 15 is 0 Å². The lowest BCUT2D eigenvalue weighted by molar-refractivity contribution is 0.0516. The van der Waals surface area contributed by atoms with Crippen LogP contribution < -0.4 is 19.5 Å². The number of benzene rings is 4. The Bertz CT molecular complexity index is 1440. The number of nitrogens with one attached hydrogen (secondary N) is 1. The average Bonchev–Trinajstić information content (AvgIpc) is 3.02. The van der Waals surface area contributed by atoms with Gasteiger partial charge in [-0.05, 0) is 60.2 Å². The van der Waals surface area contributed by atoms with Crippen LogP contribution >= 0.6 is 0 Å². The van der Waals surface area contributed by atoms with Crippen LogP contribution in [-0.4, -0.2) is 55.6 Å². The Morgan fingerprint density at radius 1 is 0.750 bits per heavy atom. The largest absolute Gasteiger partial charge is 0.493 e. The van der Waals surface area contributed by atoms with Crippen molar-refractivity contribution in [1.29, 1.82) is 0 Å². The summed E-state index contributed by atoms with van der Waals surface area (Å²) in [5.41, 5.74) is 2.11. The van der Waals surface area contributed by atoms with E-state index in [0.29, 0.717) is 48.1 Å². The number of methoxy groups -OCH3 is 2.